The lowest BCUT2D eigenvalue weighted by Gasteiger charge is -2.39. The topological polar surface area (TPSA) is 74.2 Å². The summed E-state index contributed by atoms with van der Waals surface area (Å²) in [7, 11) is 0. The molecular weight excluding hydrogens is 416 g/mol. The lowest BCUT2D eigenvalue weighted by molar-refractivity contribution is -0.280. The van der Waals surface area contributed by atoms with Gasteiger partial charge in [0.15, 0.2) is 6.29 Å². The largest absolute Gasteiger partial charge is 0.481 e. The number of halogens is 1. The number of carbonyl (C=O) groups is 1. The molecule has 1 aliphatic rings. The quantitative estimate of drug-likeness (QED) is 0.592. The van der Waals surface area contributed by atoms with Gasteiger partial charge in [-0.25, -0.2) is 0 Å². The Bertz CT molecular complexity index is 526. The summed E-state index contributed by atoms with van der Waals surface area (Å²) in [6, 6.07) is 9.88. The number of benzene rings is 1. The monoisotopic (exact) mass is 446 g/mol. The zero-order chi connectivity index (χ0) is 20.2. The molecular formula is C20H31BrO6. The summed E-state index contributed by atoms with van der Waals surface area (Å²) >= 11 is 3.04. The van der Waals surface area contributed by atoms with Crippen molar-refractivity contribution in [1.29, 1.82) is 0 Å². The molecule has 1 N–H and O–H groups in total. The molecule has 0 bridgehead atoms. The number of ether oxygens (including phenoxy) is 3. The maximum atomic E-state index is 10.7. The minimum atomic E-state index is -0.835. The van der Waals surface area contributed by atoms with Crippen molar-refractivity contribution in [2.24, 2.45) is 0 Å². The Balaban J connectivity index is 0.00000176. The fraction of sp³-hybridized carbons (Fsp3) is 0.650. The highest BCUT2D eigenvalue weighted by Gasteiger charge is 2.38. The summed E-state index contributed by atoms with van der Waals surface area (Å²) in [5.74, 6) is -0.835. The fourth-order valence-electron chi connectivity index (χ4n) is 2.69. The Morgan fingerprint density at radius 3 is 2.56 bits per heavy atom. The first kappa shape index (κ1) is 24.0. The third kappa shape index (κ3) is 8.70. The first-order chi connectivity index (χ1) is 13.0. The first-order valence-corrected chi connectivity index (χ1v) is 10.1. The summed E-state index contributed by atoms with van der Waals surface area (Å²) in [4.78, 5) is 10.7. The average Bonchev–Trinajstić information content (AvgIpc) is 2.68. The molecule has 0 aliphatic carbocycles. The second-order valence-corrected chi connectivity index (χ2v) is 6.66. The molecule has 3 unspecified atom stereocenters. The van der Waals surface area contributed by atoms with E-state index in [1.165, 1.54) is 0 Å². The summed E-state index contributed by atoms with van der Waals surface area (Å²) in [6.07, 6.45) is -0.289. The van der Waals surface area contributed by atoms with Crippen LogP contribution < -0.4 is 0 Å². The third-order valence-corrected chi connectivity index (χ3v) is 4.67. The average molecular weight is 447 g/mol. The summed E-state index contributed by atoms with van der Waals surface area (Å²) in [5, 5.41) is 8.81. The van der Waals surface area contributed by atoms with Crippen molar-refractivity contribution < 1.29 is 27.9 Å². The molecule has 154 valence electrons. The fourth-order valence-corrected chi connectivity index (χ4v) is 3.15. The maximum Gasteiger partial charge on any atom is 0.303 e. The highest BCUT2D eigenvalue weighted by Crippen LogP contribution is 2.28. The molecule has 1 aliphatic heterocycles. The predicted octanol–water partition coefficient (Wildman–Crippen LogP) is 4.70. The number of carboxylic acids is 1. The molecule has 7 heteroatoms. The van der Waals surface area contributed by atoms with Crippen LogP contribution in [0.25, 0.3) is 0 Å². The van der Waals surface area contributed by atoms with E-state index in [2.05, 4.69) is 16.3 Å². The van der Waals surface area contributed by atoms with Crippen molar-refractivity contribution in [2.45, 2.75) is 84.3 Å². The summed E-state index contributed by atoms with van der Waals surface area (Å²) in [5.41, 5.74) is 1.06. The molecule has 1 aromatic carbocycles. The van der Waals surface area contributed by atoms with Crippen molar-refractivity contribution in [1.82, 2.24) is 0 Å². The second-order valence-electron chi connectivity index (χ2n) is 6.29. The Morgan fingerprint density at radius 2 is 1.96 bits per heavy atom. The van der Waals surface area contributed by atoms with Gasteiger partial charge in [-0.3, -0.25) is 4.79 Å². The van der Waals surface area contributed by atoms with Crippen LogP contribution in [0.15, 0.2) is 30.3 Å². The van der Waals surface area contributed by atoms with Crippen LogP contribution in [0.3, 0.4) is 0 Å². The second kappa shape index (κ2) is 13.2. The molecule has 0 radical (unpaired) electrons. The van der Waals surface area contributed by atoms with E-state index in [4.69, 9.17) is 23.1 Å². The number of hydrogen-bond acceptors (Lipinski definition) is 5. The third-order valence-electron chi connectivity index (χ3n) is 4.19. The van der Waals surface area contributed by atoms with Crippen molar-refractivity contribution in [2.75, 3.05) is 0 Å². The molecule has 1 saturated heterocycles. The van der Waals surface area contributed by atoms with Gasteiger partial charge < -0.3 is 23.1 Å². The summed E-state index contributed by atoms with van der Waals surface area (Å²) in [6.45, 7) is 8.21. The van der Waals surface area contributed by atoms with E-state index in [0.29, 0.717) is 19.4 Å². The SMILES string of the molecule is CC.CC1OC(O[C@@H](C)CCC(=O)O)[C@H](OCc2ccccc2)CC1OBr. The van der Waals surface area contributed by atoms with E-state index >= 15 is 0 Å². The van der Waals surface area contributed by atoms with Crippen LogP contribution >= 0.6 is 16.3 Å². The van der Waals surface area contributed by atoms with Crippen molar-refractivity contribution in [3.63, 3.8) is 0 Å². The van der Waals surface area contributed by atoms with E-state index in [-0.39, 0.29) is 30.8 Å². The zero-order valence-corrected chi connectivity index (χ0v) is 18.1. The van der Waals surface area contributed by atoms with E-state index in [1.807, 2.05) is 58.0 Å². The molecule has 1 heterocycles. The summed E-state index contributed by atoms with van der Waals surface area (Å²) < 4.78 is 23.2. The van der Waals surface area contributed by atoms with Gasteiger partial charge in [-0.1, -0.05) is 44.2 Å². The molecule has 0 amide bonds. The lowest BCUT2D eigenvalue weighted by atomic mass is 10.0. The van der Waals surface area contributed by atoms with Crippen LogP contribution in [0.1, 0.15) is 52.5 Å². The van der Waals surface area contributed by atoms with Crippen LogP contribution in [0.4, 0.5) is 0 Å². The zero-order valence-electron chi connectivity index (χ0n) is 16.5. The number of carboxylic acid groups (broad SMARTS) is 1. The standard InChI is InChI=1S/C18H25BrO6.C2H6/c1-12(8-9-17(20)21)23-18-16(10-15(25-19)13(2)24-18)22-11-14-6-4-3-5-7-14;1-2/h3-7,12-13,15-16,18H,8-11H2,1-2H3,(H,20,21);1-2H3/t12-,13?,15?,16+,18?;/m0./s1. The smallest absolute Gasteiger partial charge is 0.303 e. The minimum Gasteiger partial charge on any atom is -0.481 e. The number of aliphatic carboxylic acids is 1. The molecule has 0 spiro atoms. The molecule has 0 aromatic heterocycles. The molecule has 27 heavy (non-hydrogen) atoms. The van der Waals surface area contributed by atoms with Gasteiger partial charge in [-0.15, -0.1) is 0 Å². The van der Waals surface area contributed by atoms with Crippen LogP contribution in [0.5, 0.6) is 0 Å². The van der Waals surface area contributed by atoms with E-state index < -0.39 is 12.3 Å². The first-order valence-electron chi connectivity index (χ1n) is 9.45. The van der Waals surface area contributed by atoms with Gasteiger partial charge in [0.05, 0.1) is 35.1 Å². The highest BCUT2D eigenvalue weighted by atomic mass is 79.9. The van der Waals surface area contributed by atoms with Gasteiger partial charge in [0.2, 0.25) is 0 Å². The van der Waals surface area contributed by atoms with E-state index in [0.717, 1.165) is 5.56 Å². The molecule has 1 aromatic rings. The van der Waals surface area contributed by atoms with Crippen molar-refractivity contribution in [3.05, 3.63) is 35.9 Å². The van der Waals surface area contributed by atoms with Gasteiger partial charge in [0, 0.05) is 12.8 Å². The molecule has 6 nitrogen and oxygen atoms in total. The van der Waals surface area contributed by atoms with Crippen LogP contribution in [-0.2, 0) is 29.4 Å². The van der Waals surface area contributed by atoms with Crippen molar-refractivity contribution >= 4 is 22.2 Å². The van der Waals surface area contributed by atoms with Crippen LogP contribution in [0.2, 0.25) is 0 Å². The van der Waals surface area contributed by atoms with E-state index in [1.54, 1.807) is 0 Å². The predicted molar refractivity (Wildman–Crippen MR) is 107 cm³/mol. The normalized spacial score (nSPS) is 26.0. The molecule has 1 fully saturated rings. The van der Waals surface area contributed by atoms with Gasteiger partial charge in [0.1, 0.15) is 12.2 Å². The van der Waals surface area contributed by atoms with Crippen molar-refractivity contribution in [3.8, 4) is 0 Å². The van der Waals surface area contributed by atoms with Crippen LogP contribution in [-0.4, -0.2) is 41.8 Å². The minimum absolute atomic E-state index is 0.0616. The van der Waals surface area contributed by atoms with Gasteiger partial charge in [-0.05, 0) is 25.8 Å². The molecule has 2 rings (SSSR count). The van der Waals surface area contributed by atoms with E-state index in [9.17, 15) is 4.79 Å². The highest BCUT2D eigenvalue weighted by molar-refractivity contribution is 9.06. The Hall–Kier alpha value is -0.990. The van der Waals surface area contributed by atoms with Gasteiger partial charge >= 0.3 is 5.97 Å². The number of rotatable bonds is 9. The maximum absolute atomic E-state index is 10.7. The molecule has 5 atom stereocenters. The van der Waals surface area contributed by atoms with Crippen LogP contribution in [0, 0.1) is 0 Å². The Kier molecular flexibility index (Phi) is 11.8. The van der Waals surface area contributed by atoms with Gasteiger partial charge in [-0.2, -0.15) is 0 Å². The lowest BCUT2D eigenvalue weighted by Crippen LogP contribution is -2.49. The molecule has 0 saturated carbocycles. The Labute approximate surface area is 170 Å². The number of hydrogen-bond donors (Lipinski definition) is 1. The Morgan fingerprint density at radius 1 is 1.30 bits per heavy atom. The van der Waals surface area contributed by atoms with Gasteiger partial charge in [0.25, 0.3) is 0 Å².